The molecule has 21 heavy (non-hydrogen) atoms. The molecule has 0 aliphatic rings. The van der Waals surface area contributed by atoms with E-state index in [0.717, 1.165) is 18.8 Å². The van der Waals surface area contributed by atoms with Gasteiger partial charge in [0.15, 0.2) is 0 Å². The van der Waals surface area contributed by atoms with Crippen LogP contribution in [-0.4, -0.2) is 40.6 Å². The molecule has 0 radical (unpaired) electrons. The molecule has 108 valence electrons. The van der Waals surface area contributed by atoms with Crippen LogP contribution < -0.4 is 5.32 Å². The van der Waals surface area contributed by atoms with Gasteiger partial charge in [0.2, 0.25) is 17.8 Å². The molecule has 0 saturated heterocycles. The van der Waals surface area contributed by atoms with Crippen LogP contribution in [0.25, 0.3) is 11.9 Å². The van der Waals surface area contributed by atoms with Gasteiger partial charge in [0.25, 0.3) is 0 Å². The molecule has 3 aromatic rings. The van der Waals surface area contributed by atoms with Crippen molar-refractivity contribution in [3.8, 4) is 11.9 Å². The Kier molecular flexibility index (Phi) is 3.59. The average Bonchev–Trinajstić information content (AvgIpc) is 3.18. The van der Waals surface area contributed by atoms with Crippen LogP contribution in [0.3, 0.4) is 0 Å². The SMILES string of the molecule is CCNc1nc(-n2ccnc2)nc(-n2ccnc2CC)n1. The lowest BCUT2D eigenvalue weighted by molar-refractivity contribution is 0.798. The van der Waals surface area contributed by atoms with Crippen LogP contribution in [0.5, 0.6) is 0 Å². The summed E-state index contributed by atoms with van der Waals surface area (Å²) >= 11 is 0. The minimum atomic E-state index is 0.518. The summed E-state index contributed by atoms with van der Waals surface area (Å²) < 4.78 is 3.61. The highest BCUT2D eigenvalue weighted by Gasteiger charge is 2.11. The van der Waals surface area contributed by atoms with E-state index < -0.39 is 0 Å². The second-order valence-electron chi connectivity index (χ2n) is 4.33. The van der Waals surface area contributed by atoms with E-state index in [4.69, 9.17) is 0 Å². The summed E-state index contributed by atoms with van der Waals surface area (Å²) in [5.74, 6) is 2.49. The minimum absolute atomic E-state index is 0.518. The van der Waals surface area contributed by atoms with Gasteiger partial charge in [0, 0.05) is 37.8 Å². The molecule has 8 heteroatoms. The summed E-state index contributed by atoms with van der Waals surface area (Å²) in [5, 5.41) is 3.12. The van der Waals surface area contributed by atoms with Gasteiger partial charge in [-0.3, -0.25) is 9.13 Å². The largest absolute Gasteiger partial charge is 0.354 e. The fraction of sp³-hybridized carbons (Fsp3) is 0.308. The van der Waals surface area contributed by atoms with Crippen molar-refractivity contribution in [1.29, 1.82) is 0 Å². The summed E-state index contributed by atoms with van der Waals surface area (Å²) in [6, 6.07) is 0. The van der Waals surface area contributed by atoms with E-state index in [9.17, 15) is 0 Å². The number of aromatic nitrogens is 7. The van der Waals surface area contributed by atoms with Crippen LogP contribution in [-0.2, 0) is 6.42 Å². The van der Waals surface area contributed by atoms with Crippen molar-refractivity contribution < 1.29 is 0 Å². The van der Waals surface area contributed by atoms with Gasteiger partial charge < -0.3 is 5.32 Å². The first-order chi connectivity index (χ1) is 10.3. The Labute approximate surface area is 121 Å². The first-order valence-corrected chi connectivity index (χ1v) is 6.82. The predicted octanol–water partition coefficient (Wildman–Crippen LogP) is 1.24. The number of imidazole rings is 2. The molecule has 0 atom stereocenters. The Balaban J connectivity index is 2.11. The van der Waals surface area contributed by atoms with Crippen LogP contribution in [0.15, 0.2) is 31.1 Å². The molecular weight excluding hydrogens is 268 g/mol. The summed E-state index contributed by atoms with van der Waals surface area (Å²) in [4.78, 5) is 21.6. The number of anilines is 1. The number of hydrogen-bond donors (Lipinski definition) is 1. The molecule has 8 nitrogen and oxygen atoms in total. The van der Waals surface area contributed by atoms with Gasteiger partial charge in [-0.25, -0.2) is 9.97 Å². The standard InChI is InChI=1S/C13H16N8/c1-3-10-16-6-8-21(10)13-18-11(15-4-2)17-12(19-13)20-7-5-14-9-20/h5-9H,3-4H2,1-2H3,(H,15,17,18,19). The van der Waals surface area contributed by atoms with Gasteiger partial charge in [-0.05, 0) is 6.92 Å². The van der Waals surface area contributed by atoms with Crippen molar-refractivity contribution in [2.75, 3.05) is 11.9 Å². The molecule has 0 aliphatic carbocycles. The smallest absolute Gasteiger partial charge is 0.241 e. The molecule has 3 heterocycles. The number of aryl methyl sites for hydroxylation is 1. The molecule has 0 bridgehead atoms. The zero-order valence-electron chi connectivity index (χ0n) is 11.9. The third-order valence-corrected chi connectivity index (χ3v) is 2.93. The van der Waals surface area contributed by atoms with Gasteiger partial charge in [0.1, 0.15) is 12.2 Å². The lowest BCUT2D eigenvalue weighted by atomic mass is 10.4. The quantitative estimate of drug-likeness (QED) is 0.758. The van der Waals surface area contributed by atoms with Crippen molar-refractivity contribution in [3.63, 3.8) is 0 Å². The van der Waals surface area contributed by atoms with Crippen molar-refractivity contribution >= 4 is 5.95 Å². The molecule has 0 spiro atoms. The van der Waals surface area contributed by atoms with E-state index in [1.54, 1.807) is 29.5 Å². The summed E-state index contributed by atoms with van der Waals surface area (Å²) in [7, 11) is 0. The lowest BCUT2D eigenvalue weighted by Crippen LogP contribution is -2.13. The first-order valence-electron chi connectivity index (χ1n) is 6.82. The van der Waals surface area contributed by atoms with Crippen LogP contribution in [0.1, 0.15) is 19.7 Å². The Morgan fingerprint density at radius 1 is 1.05 bits per heavy atom. The van der Waals surface area contributed by atoms with Gasteiger partial charge in [-0.2, -0.15) is 15.0 Å². The van der Waals surface area contributed by atoms with E-state index in [0.29, 0.717) is 17.8 Å². The highest BCUT2D eigenvalue weighted by molar-refractivity contribution is 5.33. The van der Waals surface area contributed by atoms with E-state index in [2.05, 4.69) is 30.2 Å². The molecule has 0 unspecified atom stereocenters. The third-order valence-electron chi connectivity index (χ3n) is 2.93. The average molecular weight is 284 g/mol. The molecule has 0 aromatic carbocycles. The molecule has 3 aromatic heterocycles. The van der Waals surface area contributed by atoms with Gasteiger partial charge in [0.05, 0.1) is 0 Å². The molecule has 0 saturated carbocycles. The zero-order chi connectivity index (χ0) is 14.7. The summed E-state index contributed by atoms with van der Waals surface area (Å²) in [5.41, 5.74) is 0. The van der Waals surface area contributed by atoms with Crippen molar-refractivity contribution in [3.05, 3.63) is 36.9 Å². The number of rotatable bonds is 5. The third kappa shape index (κ3) is 2.60. The normalized spacial score (nSPS) is 10.8. The summed E-state index contributed by atoms with van der Waals surface area (Å²) in [6.07, 6.45) is 9.53. The Bertz CT molecular complexity index is 716. The Hall–Kier alpha value is -2.77. The molecule has 3 rings (SSSR count). The number of hydrogen-bond acceptors (Lipinski definition) is 6. The molecule has 1 N–H and O–H groups in total. The van der Waals surface area contributed by atoms with Crippen LogP contribution in [0, 0.1) is 0 Å². The lowest BCUT2D eigenvalue weighted by Gasteiger charge is -2.09. The molecule has 0 amide bonds. The van der Waals surface area contributed by atoms with Crippen LogP contribution in [0.4, 0.5) is 5.95 Å². The monoisotopic (exact) mass is 284 g/mol. The first kappa shape index (κ1) is 13.2. The van der Waals surface area contributed by atoms with Crippen LogP contribution in [0.2, 0.25) is 0 Å². The fourth-order valence-corrected chi connectivity index (χ4v) is 1.97. The van der Waals surface area contributed by atoms with Crippen molar-refractivity contribution in [2.45, 2.75) is 20.3 Å². The van der Waals surface area contributed by atoms with Crippen molar-refractivity contribution in [1.82, 2.24) is 34.1 Å². The van der Waals surface area contributed by atoms with Gasteiger partial charge >= 0.3 is 0 Å². The number of nitrogens with one attached hydrogen (secondary N) is 1. The van der Waals surface area contributed by atoms with E-state index >= 15 is 0 Å². The Morgan fingerprint density at radius 3 is 2.62 bits per heavy atom. The van der Waals surface area contributed by atoms with E-state index in [1.807, 2.05) is 24.6 Å². The topological polar surface area (TPSA) is 86.3 Å². The highest BCUT2D eigenvalue weighted by Crippen LogP contribution is 2.11. The second kappa shape index (κ2) is 5.70. The predicted molar refractivity (Wildman–Crippen MR) is 77.6 cm³/mol. The highest BCUT2D eigenvalue weighted by atomic mass is 15.3. The van der Waals surface area contributed by atoms with Gasteiger partial charge in [-0.15, -0.1) is 0 Å². The number of nitrogens with zero attached hydrogens (tertiary/aromatic N) is 7. The zero-order valence-corrected chi connectivity index (χ0v) is 11.9. The molecule has 0 aliphatic heterocycles. The van der Waals surface area contributed by atoms with E-state index in [1.165, 1.54) is 0 Å². The van der Waals surface area contributed by atoms with Crippen molar-refractivity contribution in [2.24, 2.45) is 0 Å². The maximum absolute atomic E-state index is 4.49. The second-order valence-corrected chi connectivity index (χ2v) is 4.33. The van der Waals surface area contributed by atoms with E-state index in [-0.39, 0.29) is 0 Å². The maximum Gasteiger partial charge on any atom is 0.241 e. The maximum atomic E-state index is 4.49. The molecule has 0 fully saturated rings. The van der Waals surface area contributed by atoms with Crippen LogP contribution >= 0.6 is 0 Å². The molecular formula is C13H16N8. The minimum Gasteiger partial charge on any atom is -0.354 e. The van der Waals surface area contributed by atoms with Gasteiger partial charge in [-0.1, -0.05) is 6.92 Å². The summed E-state index contributed by atoms with van der Waals surface area (Å²) in [6.45, 7) is 4.77. The fourth-order valence-electron chi connectivity index (χ4n) is 1.97. The Morgan fingerprint density at radius 2 is 1.90 bits per heavy atom.